The first kappa shape index (κ1) is 20.0. The van der Waals surface area contributed by atoms with Crippen LogP contribution in [-0.2, 0) is 9.59 Å². The molecule has 2 amide bonds. The van der Waals surface area contributed by atoms with Gasteiger partial charge in [0.1, 0.15) is 0 Å². The Hall–Kier alpha value is -1.06. The van der Waals surface area contributed by atoms with Gasteiger partial charge in [0.2, 0.25) is 11.8 Å². The molecular weight excluding hydrogens is 296 g/mol. The third-order valence-electron chi connectivity index (χ3n) is 3.74. The van der Waals surface area contributed by atoms with Crippen molar-refractivity contribution >= 4 is 11.8 Å². The van der Waals surface area contributed by atoms with Gasteiger partial charge in [-0.2, -0.15) is 0 Å². The second-order valence-corrected chi connectivity index (χ2v) is 5.78. The van der Waals surface area contributed by atoms with E-state index in [1.54, 1.807) is 6.92 Å². The molecule has 134 valence electrons. The Labute approximate surface area is 138 Å². The Morgan fingerprint density at radius 3 is 1.83 bits per heavy atom. The van der Waals surface area contributed by atoms with E-state index in [1.807, 2.05) is 0 Å². The Bertz CT molecular complexity index is 353. The molecule has 1 unspecified atom stereocenters. The SMILES string of the molecule is CC1CC(=O)N(CCNCCNCCNCCNCCN)C1=O. The van der Waals surface area contributed by atoms with Gasteiger partial charge in [-0.05, 0) is 0 Å². The van der Waals surface area contributed by atoms with Crippen LogP contribution >= 0.6 is 0 Å². The predicted octanol–water partition coefficient (Wildman–Crippen LogP) is -2.30. The Kier molecular flexibility index (Phi) is 10.8. The van der Waals surface area contributed by atoms with Gasteiger partial charge < -0.3 is 27.0 Å². The minimum absolute atomic E-state index is 0.0399. The molecule has 1 aliphatic rings. The molecule has 23 heavy (non-hydrogen) atoms. The summed E-state index contributed by atoms with van der Waals surface area (Å²) in [5, 5.41) is 13.1. The number of nitrogens with zero attached hydrogens (tertiary/aromatic N) is 1. The van der Waals surface area contributed by atoms with Gasteiger partial charge in [-0.15, -0.1) is 0 Å². The smallest absolute Gasteiger partial charge is 0.232 e. The number of carbonyl (C=O) groups excluding carboxylic acids is 2. The highest BCUT2D eigenvalue weighted by atomic mass is 16.2. The molecule has 1 saturated heterocycles. The van der Waals surface area contributed by atoms with Crippen molar-refractivity contribution in [2.24, 2.45) is 11.7 Å². The second kappa shape index (κ2) is 12.4. The number of rotatable bonds is 14. The number of amides is 2. The van der Waals surface area contributed by atoms with Crippen LogP contribution in [-0.4, -0.2) is 82.2 Å². The lowest BCUT2D eigenvalue weighted by Gasteiger charge is -2.14. The number of nitrogens with two attached hydrogens (primary N) is 1. The van der Waals surface area contributed by atoms with E-state index < -0.39 is 0 Å². The summed E-state index contributed by atoms with van der Waals surface area (Å²) in [4.78, 5) is 24.7. The van der Waals surface area contributed by atoms with E-state index in [-0.39, 0.29) is 17.7 Å². The average Bonchev–Trinajstić information content (AvgIpc) is 2.77. The maximum Gasteiger partial charge on any atom is 0.232 e. The Morgan fingerprint density at radius 2 is 1.39 bits per heavy atom. The van der Waals surface area contributed by atoms with E-state index in [1.165, 1.54) is 4.90 Å². The topological polar surface area (TPSA) is 112 Å². The zero-order valence-corrected chi connectivity index (χ0v) is 14.2. The zero-order chi connectivity index (χ0) is 16.9. The van der Waals surface area contributed by atoms with Gasteiger partial charge in [-0.25, -0.2) is 0 Å². The van der Waals surface area contributed by atoms with Crippen molar-refractivity contribution in [1.29, 1.82) is 0 Å². The largest absolute Gasteiger partial charge is 0.329 e. The first-order chi connectivity index (χ1) is 11.2. The van der Waals surface area contributed by atoms with E-state index in [9.17, 15) is 9.59 Å². The van der Waals surface area contributed by atoms with E-state index >= 15 is 0 Å². The molecule has 1 rings (SSSR count). The van der Waals surface area contributed by atoms with Crippen LogP contribution in [0.3, 0.4) is 0 Å². The van der Waals surface area contributed by atoms with Crippen LogP contribution in [0.25, 0.3) is 0 Å². The van der Waals surface area contributed by atoms with Crippen LogP contribution in [0.15, 0.2) is 0 Å². The standard InChI is InChI=1S/C15H32N6O2/c1-13-12-14(22)21(15(13)23)11-10-20-9-8-19-7-6-18-5-4-17-3-2-16/h13,17-20H,2-12,16H2,1H3. The highest BCUT2D eigenvalue weighted by Crippen LogP contribution is 2.17. The summed E-state index contributed by atoms with van der Waals surface area (Å²) < 4.78 is 0. The van der Waals surface area contributed by atoms with Gasteiger partial charge in [0.15, 0.2) is 0 Å². The molecule has 1 atom stereocenters. The molecule has 1 aliphatic heterocycles. The molecule has 0 aromatic carbocycles. The quantitative estimate of drug-likeness (QED) is 0.180. The van der Waals surface area contributed by atoms with Crippen molar-refractivity contribution in [2.75, 3.05) is 65.4 Å². The van der Waals surface area contributed by atoms with Crippen LogP contribution in [0, 0.1) is 5.92 Å². The molecule has 6 N–H and O–H groups in total. The van der Waals surface area contributed by atoms with E-state index in [0.29, 0.717) is 26.1 Å². The Morgan fingerprint density at radius 1 is 0.913 bits per heavy atom. The maximum absolute atomic E-state index is 11.7. The van der Waals surface area contributed by atoms with Crippen LogP contribution in [0.1, 0.15) is 13.3 Å². The van der Waals surface area contributed by atoms with Crippen LogP contribution in [0.2, 0.25) is 0 Å². The Balaban J connectivity index is 1.83. The third-order valence-corrected chi connectivity index (χ3v) is 3.74. The lowest BCUT2D eigenvalue weighted by Crippen LogP contribution is -2.39. The fourth-order valence-corrected chi connectivity index (χ4v) is 2.41. The molecule has 8 nitrogen and oxygen atoms in total. The van der Waals surface area contributed by atoms with Crippen molar-refractivity contribution < 1.29 is 9.59 Å². The van der Waals surface area contributed by atoms with E-state index in [4.69, 9.17) is 5.73 Å². The molecule has 0 aliphatic carbocycles. The lowest BCUT2D eigenvalue weighted by atomic mass is 10.1. The summed E-state index contributed by atoms with van der Waals surface area (Å²) in [6.45, 7) is 9.87. The third kappa shape index (κ3) is 8.38. The number of hydrogen-bond acceptors (Lipinski definition) is 7. The fourth-order valence-electron chi connectivity index (χ4n) is 2.41. The summed E-state index contributed by atoms with van der Waals surface area (Å²) in [5.74, 6) is -0.237. The van der Waals surface area contributed by atoms with Gasteiger partial charge in [-0.3, -0.25) is 14.5 Å². The average molecular weight is 328 g/mol. The van der Waals surface area contributed by atoms with Crippen molar-refractivity contribution in [3.63, 3.8) is 0 Å². The van der Waals surface area contributed by atoms with Crippen molar-refractivity contribution in [3.05, 3.63) is 0 Å². The van der Waals surface area contributed by atoms with E-state index in [0.717, 1.165) is 45.8 Å². The van der Waals surface area contributed by atoms with Gasteiger partial charge in [0.05, 0.1) is 0 Å². The highest BCUT2D eigenvalue weighted by molar-refractivity contribution is 6.03. The van der Waals surface area contributed by atoms with Crippen LogP contribution in [0.4, 0.5) is 0 Å². The minimum Gasteiger partial charge on any atom is -0.329 e. The summed E-state index contributed by atoms with van der Waals surface area (Å²) in [7, 11) is 0. The van der Waals surface area contributed by atoms with Crippen molar-refractivity contribution in [3.8, 4) is 0 Å². The summed E-state index contributed by atoms with van der Waals surface area (Å²) in [6.07, 6.45) is 0.356. The first-order valence-electron chi connectivity index (χ1n) is 8.54. The summed E-state index contributed by atoms with van der Waals surface area (Å²) in [6, 6.07) is 0. The van der Waals surface area contributed by atoms with Gasteiger partial charge in [0, 0.05) is 77.8 Å². The molecule has 0 aromatic heterocycles. The number of nitrogens with one attached hydrogen (secondary N) is 4. The number of hydrogen-bond donors (Lipinski definition) is 5. The van der Waals surface area contributed by atoms with E-state index in [2.05, 4.69) is 21.3 Å². The predicted molar refractivity (Wildman–Crippen MR) is 91.0 cm³/mol. The molecule has 0 bridgehead atoms. The van der Waals surface area contributed by atoms with Crippen LogP contribution in [0.5, 0.6) is 0 Å². The number of carbonyl (C=O) groups is 2. The number of imide groups is 1. The molecule has 0 radical (unpaired) electrons. The first-order valence-corrected chi connectivity index (χ1v) is 8.54. The zero-order valence-electron chi connectivity index (χ0n) is 14.2. The summed E-state index contributed by atoms with van der Waals surface area (Å²) >= 11 is 0. The maximum atomic E-state index is 11.7. The number of likely N-dealkylation sites (tertiary alicyclic amines) is 1. The molecule has 8 heteroatoms. The molecule has 0 spiro atoms. The summed E-state index contributed by atoms with van der Waals surface area (Å²) in [5.41, 5.74) is 5.38. The molecule has 0 aromatic rings. The van der Waals surface area contributed by atoms with Crippen molar-refractivity contribution in [1.82, 2.24) is 26.2 Å². The second-order valence-electron chi connectivity index (χ2n) is 5.78. The van der Waals surface area contributed by atoms with Gasteiger partial charge in [-0.1, -0.05) is 6.92 Å². The molecule has 0 saturated carbocycles. The molecule has 1 heterocycles. The molecular formula is C15H32N6O2. The minimum atomic E-state index is -0.151. The highest BCUT2D eigenvalue weighted by Gasteiger charge is 2.34. The van der Waals surface area contributed by atoms with Crippen molar-refractivity contribution in [2.45, 2.75) is 13.3 Å². The molecule has 1 fully saturated rings. The monoisotopic (exact) mass is 328 g/mol. The lowest BCUT2D eigenvalue weighted by molar-refractivity contribution is -0.139. The van der Waals surface area contributed by atoms with Crippen LogP contribution < -0.4 is 27.0 Å². The normalized spacial score (nSPS) is 18.2. The fraction of sp³-hybridized carbons (Fsp3) is 0.867. The van der Waals surface area contributed by atoms with Gasteiger partial charge >= 0.3 is 0 Å². The van der Waals surface area contributed by atoms with Gasteiger partial charge in [0.25, 0.3) is 0 Å².